The molecule has 3 heterocycles. The minimum atomic E-state index is -0.366. The molecule has 4 nitrogen and oxygen atoms in total. The first-order valence-electron chi connectivity index (χ1n) is 24.7. The molecule has 0 radical (unpaired) electrons. The van der Waals surface area contributed by atoms with Crippen LogP contribution in [0.5, 0.6) is 0 Å². The molecule has 0 fully saturated rings. The van der Waals surface area contributed by atoms with Gasteiger partial charge in [-0.1, -0.05) is 140 Å². The first-order valence-corrected chi connectivity index (χ1v) is 24.7. The highest BCUT2D eigenvalue weighted by Crippen LogP contribution is 2.75. The summed E-state index contributed by atoms with van der Waals surface area (Å²) >= 11 is 0. The Balaban J connectivity index is 0.963. The van der Waals surface area contributed by atoms with E-state index in [0.717, 1.165) is 110 Å². The van der Waals surface area contributed by atoms with Gasteiger partial charge in [0.05, 0.1) is 28.4 Å². The highest BCUT2D eigenvalue weighted by Gasteiger charge is 2.70. The first kappa shape index (κ1) is 35.5. The molecule has 6 atom stereocenters. The Kier molecular flexibility index (Phi) is 5.73. The predicted octanol–water partition coefficient (Wildman–Crippen LogP) is 15.0. The zero-order chi connectivity index (χ0) is 45.3. The fourth-order valence-corrected chi connectivity index (χ4v) is 16.4. The van der Waals surface area contributed by atoms with Crippen LogP contribution in [-0.4, -0.2) is 16.0 Å². The lowest BCUT2D eigenvalue weighted by molar-refractivity contribution is 0.0839. The molecule has 6 unspecified atom stereocenters. The van der Waals surface area contributed by atoms with Gasteiger partial charge in [0.1, 0.15) is 11.2 Å². The van der Waals surface area contributed by atoms with Crippen LogP contribution in [-0.2, 0) is 10.8 Å². The zero-order valence-electron chi connectivity index (χ0n) is 37.4. The third-order valence-electron chi connectivity index (χ3n) is 18.8. The lowest BCUT2D eigenvalue weighted by Crippen LogP contribution is -2.61. The van der Waals surface area contributed by atoms with E-state index in [2.05, 4.69) is 186 Å². The van der Waals surface area contributed by atoms with Crippen molar-refractivity contribution in [3.8, 4) is 11.1 Å². The molecule has 4 heteroatoms. The van der Waals surface area contributed by atoms with Gasteiger partial charge in [0.2, 0.25) is 0 Å². The van der Waals surface area contributed by atoms with Gasteiger partial charge in [0.25, 0.3) is 0 Å². The molecule has 0 amide bonds. The standard InChI is InChI=1S/C66H35NO3/c68-63-46-30-52-40(28-42(46)58-35-15-3-8-20-48(35)65(58)50-22-10-5-17-37(50)60(63)65)44-25-33(56-34-14-2-1-13-32(34)27-55-57(56)39-19-7-12-24-54(39)70-55)26-45-41-29-43-47(31-53(41)67(52)62(44)45)64(69)61-38-18-6-11-23-51(38)66(61)49-21-9-4-16-36(49)59(43)66/h1-31,58-61H. The summed E-state index contributed by atoms with van der Waals surface area (Å²) in [4.78, 5) is 30.9. The maximum atomic E-state index is 15.4. The molecule has 322 valence electrons. The number of para-hydroxylation sites is 1. The molecule has 19 rings (SSSR count). The predicted molar refractivity (Wildman–Crippen MR) is 276 cm³/mol. The van der Waals surface area contributed by atoms with Crippen molar-refractivity contribution in [2.24, 2.45) is 0 Å². The number of benzene rings is 10. The second-order valence-electron chi connectivity index (χ2n) is 21.2. The summed E-state index contributed by atoms with van der Waals surface area (Å²) in [5.74, 6) is 0.0657. The first-order chi connectivity index (χ1) is 34.6. The van der Waals surface area contributed by atoms with Gasteiger partial charge < -0.3 is 8.82 Å². The molecule has 0 saturated heterocycles. The number of nitrogens with zero attached hydrogens (tertiary/aromatic N) is 1. The van der Waals surface area contributed by atoms with Crippen molar-refractivity contribution in [2.75, 3.05) is 0 Å². The van der Waals surface area contributed by atoms with E-state index >= 15 is 9.59 Å². The Bertz CT molecular complexity index is 4540. The van der Waals surface area contributed by atoms with E-state index in [4.69, 9.17) is 4.42 Å². The summed E-state index contributed by atoms with van der Waals surface area (Å²) in [7, 11) is 0. The van der Waals surface area contributed by atoms with Crippen LogP contribution in [0.4, 0.5) is 0 Å². The Morgan fingerprint density at radius 3 is 1.39 bits per heavy atom. The van der Waals surface area contributed by atoms with Gasteiger partial charge in [-0.3, -0.25) is 9.59 Å². The van der Waals surface area contributed by atoms with Gasteiger partial charge in [0, 0.05) is 71.7 Å². The highest BCUT2D eigenvalue weighted by molar-refractivity contribution is 6.29. The van der Waals surface area contributed by atoms with Crippen molar-refractivity contribution in [3.05, 3.63) is 255 Å². The topological polar surface area (TPSA) is 51.7 Å². The Hall–Kier alpha value is -8.60. The summed E-state index contributed by atoms with van der Waals surface area (Å²) in [5, 5.41) is 9.01. The average Bonchev–Trinajstić information content (AvgIpc) is 4.04. The Morgan fingerprint density at radius 2 is 0.843 bits per heavy atom. The van der Waals surface area contributed by atoms with E-state index in [1.807, 2.05) is 6.07 Å². The molecule has 13 aromatic rings. The number of furan rings is 1. The number of hydrogen-bond donors (Lipinski definition) is 0. The van der Waals surface area contributed by atoms with E-state index in [1.54, 1.807) is 0 Å². The normalized spacial score (nSPS) is 23.6. The maximum absolute atomic E-state index is 15.4. The van der Waals surface area contributed by atoms with Crippen molar-refractivity contribution in [1.82, 2.24) is 4.40 Å². The molecule has 6 aliphatic carbocycles. The third kappa shape index (κ3) is 3.48. The van der Waals surface area contributed by atoms with Gasteiger partial charge in [0.15, 0.2) is 11.6 Å². The van der Waals surface area contributed by atoms with Gasteiger partial charge in [-0.15, -0.1) is 0 Å². The van der Waals surface area contributed by atoms with Gasteiger partial charge >= 0.3 is 0 Å². The molecule has 2 spiro atoms. The minimum absolute atomic E-state index is 0.0626. The average molecular weight is 890 g/mol. The number of fused-ring (bicyclic) bond motifs is 22. The fraction of sp³-hybridized carbons (Fsp3) is 0.0909. The number of ketones is 2. The molecule has 6 aliphatic rings. The highest BCUT2D eigenvalue weighted by atomic mass is 16.3. The molecule has 0 saturated carbocycles. The second-order valence-corrected chi connectivity index (χ2v) is 21.2. The molecular weight excluding hydrogens is 855 g/mol. The van der Waals surface area contributed by atoms with Crippen LogP contribution in [0, 0.1) is 0 Å². The van der Waals surface area contributed by atoms with E-state index in [-0.39, 0.29) is 46.1 Å². The molecule has 10 aromatic carbocycles. The number of carbonyl (C=O) groups excluding carboxylic acids is 2. The van der Waals surface area contributed by atoms with Crippen LogP contribution in [0.1, 0.15) is 100 Å². The summed E-state index contributed by atoms with van der Waals surface area (Å²) in [5.41, 5.74) is 20.4. The molecule has 3 aromatic heterocycles. The number of carbonyl (C=O) groups is 2. The number of Topliss-reactive ketones (excluding diaryl/α,β-unsaturated/α-hetero) is 2. The summed E-state index contributed by atoms with van der Waals surface area (Å²) in [6.07, 6.45) is 0. The van der Waals surface area contributed by atoms with E-state index in [0.29, 0.717) is 0 Å². The molecular formula is C66H35NO3. The molecule has 0 bridgehead atoms. The number of rotatable bonds is 1. The largest absolute Gasteiger partial charge is 0.456 e. The lowest BCUT2D eigenvalue weighted by atomic mass is 9.36. The quantitative estimate of drug-likeness (QED) is 0.165. The Morgan fingerprint density at radius 1 is 0.386 bits per heavy atom. The van der Waals surface area contributed by atoms with Gasteiger partial charge in [-0.2, -0.15) is 0 Å². The van der Waals surface area contributed by atoms with Crippen LogP contribution in [0.25, 0.3) is 81.9 Å². The molecule has 0 aliphatic heterocycles. The van der Waals surface area contributed by atoms with Gasteiger partial charge in [-0.25, -0.2) is 0 Å². The molecule has 70 heavy (non-hydrogen) atoms. The van der Waals surface area contributed by atoms with Gasteiger partial charge in [-0.05, 0) is 121 Å². The van der Waals surface area contributed by atoms with Crippen LogP contribution < -0.4 is 0 Å². The van der Waals surface area contributed by atoms with E-state index < -0.39 is 0 Å². The van der Waals surface area contributed by atoms with Crippen LogP contribution >= 0.6 is 0 Å². The summed E-state index contributed by atoms with van der Waals surface area (Å²) in [6.45, 7) is 0. The SMILES string of the molecule is O=C1c2cc3c(cc2C2c4ccccc4C24c2ccccc2C14)c1cc(-c2c4ccccc4cc4oc5ccccc5c24)cc2c4cc5c(cc4n3c12)C(=O)C1c2ccccc2C12c1ccccc1C52. The third-order valence-corrected chi connectivity index (χ3v) is 18.8. The van der Waals surface area contributed by atoms with E-state index in [1.165, 1.54) is 38.8 Å². The molecule has 0 N–H and O–H groups in total. The lowest BCUT2D eigenvalue weighted by Gasteiger charge is -2.64. The zero-order valence-corrected chi connectivity index (χ0v) is 37.4. The van der Waals surface area contributed by atoms with Crippen LogP contribution in [0.15, 0.2) is 192 Å². The number of aromatic nitrogens is 1. The number of hydrogen-bond acceptors (Lipinski definition) is 3. The second kappa shape index (κ2) is 11.3. The van der Waals surface area contributed by atoms with Crippen LogP contribution in [0.3, 0.4) is 0 Å². The van der Waals surface area contributed by atoms with Crippen molar-refractivity contribution >= 4 is 82.4 Å². The van der Waals surface area contributed by atoms with Crippen molar-refractivity contribution < 1.29 is 14.0 Å². The van der Waals surface area contributed by atoms with Crippen molar-refractivity contribution in [1.29, 1.82) is 0 Å². The van der Waals surface area contributed by atoms with Crippen molar-refractivity contribution in [3.63, 3.8) is 0 Å². The monoisotopic (exact) mass is 889 g/mol. The summed E-state index contributed by atoms with van der Waals surface area (Å²) in [6, 6.07) is 68.3. The smallest absolute Gasteiger partial charge is 0.171 e. The fourth-order valence-electron chi connectivity index (χ4n) is 16.4. The minimum Gasteiger partial charge on any atom is -0.456 e. The van der Waals surface area contributed by atoms with E-state index in [9.17, 15) is 0 Å². The maximum Gasteiger partial charge on any atom is 0.171 e. The van der Waals surface area contributed by atoms with Crippen molar-refractivity contribution in [2.45, 2.75) is 34.5 Å². The Labute approximate surface area is 399 Å². The summed E-state index contributed by atoms with van der Waals surface area (Å²) < 4.78 is 9.08. The van der Waals surface area contributed by atoms with Crippen LogP contribution in [0.2, 0.25) is 0 Å².